The number of nitrogens with zero attached hydrogens (tertiary/aromatic N) is 1. The first-order valence-electron chi connectivity index (χ1n) is 6.75. The molecule has 0 fully saturated rings. The Morgan fingerprint density at radius 3 is 2.48 bits per heavy atom. The minimum atomic E-state index is -0.876. The molecule has 0 saturated carbocycles. The number of pyridine rings is 1. The summed E-state index contributed by atoms with van der Waals surface area (Å²) in [5, 5.41) is 11.2. The van der Waals surface area contributed by atoms with Crippen molar-refractivity contribution in [3.63, 3.8) is 0 Å². The molecular weight excluding hydrogens is 266 g/mol. The van der Waals surface area contributed by atoms with Crippen molar-refractivity contribution in [1.29, 1.82) is 0 Å². The molecule has 2 aromatic heterocycles. The summed E-state index contributed by atoms with van der Waals surface area (Å²) in [7, 11) is 0. The summed E-state index contributed by atoms with van der Waals surface area (Å²) >= 11 is 0. The van der Waals surface area contributed by atoms with Crippen molar-refractivity contribution in [3.05, 3.63) is 64.5 Å². The van der Waals surface area contributed by atoms with E-state index in [4.69, 9.17) is 4.42 Å². The topological polar surface area (TPSA) is 63.3 Å². The summed E-state index contributed by atoms with van der Waals surface area (Å²) in [6, 6.07) is 11.0. The average Bonchev–Trinajstić information content (AvgIpc) is 2.48. The predicted octanol–water partition coefficient (Wildman–Crippen LogP) is 3.22. The molecule has 2 heterocycles. The van der Waals surface area contributed by atoms with Crippen molar-refractivity contribution < 1.29 is 9.52 Å². The van der Waals surface area contributed by atoms with Gasteiger partial charge in [-0.15, -0.1) is 0 Å². The van der Waals surface area contributed by atoms with Gasteiger partial charge in [0.1, 0.15) is 11.9 Å². The third-order valence-corrected chi connectivity index (χ3v) is 3.44. The van der Waals surface area contributed by atoms with Gasteiger partial charge in [0.05, 0.1) is 5.39 Å². The lowest BCUT2D eigenvalue weighted by molar-refractivity contribution is 0.166. The van der Waals surface area contributed by atoms with Gasteiger partial charge in [0.2, 0.25) is 0 Å². The molecule has 4 nitrogen and oxygen atoms in total. The van der Waals surface area contributed by atoms with Gasteiger partial charge in [-0.25, -0.2) is 4.79 Å². The molecule has 1 unspecified atom stereocenters. The van der Waals surface area contributed by atoms with E-state index < -0.39 is 11.7 Å². The number of hydrogen-bond donors (Lipinski definition) is 1. The first kappa shape index (κ1) is 13.5. The molecule has 3 aromatic rings. The second-order valence-electron chi connectivity index (χ2n) is 5.04. The van der Waals surface area contributed by atoms with Gasteiger partial charge in [0.25, 0.3) is 0 Å². The largest absolute Gasteiger partial charge is 0.424 e. The normalized spacial score (nSPS) is 12.5. The molecule has 4 heteroatoms. The van der Waals surface area contributed by atoms with Crippen LogP contribution in [-0.2, 0) is 0 Å². The van der Waals surface area contributed by atoms with E-state index in [1.165, 1.54) is 0 Å². The van der Waals surface area contributed by atoms with Crippen molar-refractivity contribution in [1.82, 2.24) is 4.98 Å². The van der Waals surface area contributed by atoms with Gasteiger partial charge in [-0.2, -0.15) is 0 Å². The van der Waals surface area contributed by atoms with Crippen LogP contribution in [0.5, 0.6) is 0 Å². The Bertz CT molecular complexity index is 848. The highest BCUT2D eigenvalue weighted by Gasteiger charge is 2.18. The number of aromatic nitrogens is 1. The molecular formula is C17H15NO3. The molecule has 0 radical (unpaired) electrons. The second-order valence-corrected chi connectivity index (χ2v) is 5.04. The molecule has 1 N–H and O–H groups in total. The molecule has 0 aliphatic rings. The van der Waals surface area contributed by atoms with Gasteiger partial charge in [-0.3, -0.25) is 4.98 Å². The SMILES string of the molecule is Cc1ccc(-c2c(C(C)O)oc(=O)c3ccccc23)cn1. The molecule has 1 aromatic carbocycles. The summed E-state index contributed by atoms with van der Waals surface area (Å²) in [5.41, 5.74) is 1.99. The van der Waals surface area contributed by atoms with Crippen LogP contribution < -0.4 is 5.63 Å². The van der Waals surface area contributed by atoms with Crippen LogP contribution in [0.15, 0.2) is 51.8 Å². The summed E-state index contributed by atoms with van der Waals surface area (Å²) in [6.07, 6.45) is 0.849. The maximum absolute atomic E-state index is 12.0. The molecule has 106 valence electrons. The maximum Gasteiger partial charge on any atom is 0.343 e. The fourth-order valence-corrected chi connectivity index (χ4v) is 2.43. The number of hydrogen-bond acceptors (Lipinski definition) is 4. The van der Waals surface area contributed by atoms with E-state index in [0.29, 0.717) is 10.9 Å². The Balaban J connectivity index is 2.43. The summed E-state index contributed by atoms with van der Waals surface area (Å²) in [6.45, 7) is 3.49. The average molecular weight is 281 g/mol. The van der Waals surface area contributed by atoms with Crippen LogP contribution in [0, 0.1) is 6.92 Å². The Kier molecular flexibility index (Phi) is 3.31. The molecule has 3 rings (SSSR count). The Morgan fingerprint density at radius 2 is 1.86 bits per heavy atom. The van der Waals surface area contributed by atoms with Crippen molar-refractivity contribution in [3.8, 4) is 11.1 Å². The zero-order valence-electron chi connectivity index (χ0n) is 11.8. The molecule has 0 aliphatic heterocycles. The number of benzene rings is 1. The smallest absolute Gasteiger partial charge is 0.343 e. The molecule has 1 atom stereocenters. The third kappa shape index (κ3) is 2.34. The Hall–Kier alpha value is -2.46. The minimum Gasteiger partial charge on any atom is -0.424 e. The highest BCUT2D eigenvalue weighted by molar-refractivity contribution is 5.96. The van der Waals surface area contributed by atoms with E-state index in [1.54, 1.807) is 25.3 Å². The van der Waals surface area contributed by atoms with Crippen molar-refractivity contribution in [2.75, 3.05) is 0 Å². The lowest BCUT2D eigenvalue weighted by Gasteiger charge is -2.13. The van der Waals surface area contributed by atoms with Gasteiger partial charge >= 0.3 is 5.63 Å². The number of aliphatic hydroxyl groups excluding tert-OH is 1. The fourth-order valence-electron chi connectivity index (χ4n) is 2.43. The van der Waals surface area contributed by atoms with E-state index in [9.17, 15) is 9.90 Å². The van der Waals surface area contributed by atoms with Gasteiger partial charge in [-0.1, -0.05) is 24.3 Å². The highest BCUT2D eigenvalue weighted by atomic mass is 16.4. The lowest BCUT2D eigenvalue weighted by Crippen LogP contribution is -2.07. The quantitative estimate of drug-likeness (QED) is 0.783. The predicted molar refractivity (Wildman–Crippen MR) is 81.1 cm³/mol. The van der Waals surface area contributed by atoms with Crippen molar-refractivity contribution in [2.24, 2.45) is 0 Å². The van der Waals surface area contributed by atoms with Crippen LogP contribution in [-0.4, -0.2) is 10.1 Å². The maximum atomic E-state index is 12.0. The summed E-state index contributed by atoms with van der Waals surface area (Å²) in [4.78, 5) is 16.3. The fraction of sp³-hybridized carbons (Fsp3) is 0.176. The van der Waals surface area contributed by atoms with Crippen LogP contribution in [0.2, 0.25) is 0 Å². The number of aryl methyl sites for hydroxylation is 1. The summed E-state index contributed by atoms with van der Waals surface area (Å²) in [5.74, 6) is 0.268. The van der Waals surface area contributed by atoms with Crippen LogP contribution in [0.3, 0.4) is 0 Å². The zero-order valence-corrected chi connectivity index (χ0v) is 11.8. The van der Waals surface area contributed by atoms with E-state index in [-0.39, 0.29) is 5.76 Å². The number of aliphatic hydroxyl groups is 1. The standard InChI is InChI=1S/C17H15NO3/c1-10-7-8-12(9-18-10)15-13-5-3-4-6-14(13)17(20)21-16(15)11(2)19/h3-9,11,19H,1-2H3. The highest BCUT2D eigenvalue weighted by Crippen LogP contribution is 2.33. The van der Waals surface area contributed by atoms with Crippen molar-refractivity contribution >= 4 is 10.8 Å². The first-order chi connectivity index (χ1) is 10.1. The van der Waals surface area contributed by atoms with E-state index in [0.717, 1.165) is 16.6 Å². The van der Waals surface area contributed by atoms with Gasteiger partial charge < -0.3 is 9.52 Å². The number of fused-ring (bicyclic) bond motifs is 1. The first-order valence-corrected chi connectivity index (χ1v) is 6.75. The minimum absolute atomic E-state index is 0.268. The van der Waals surface area contributed by atoms with Crippen LogP contribution >= 0.6 is 0 Å². The number of rotatable bonds is 2. The van der Waals surface area contributed by atoms with Gasteiger partial charge in [0, 0.05) is 28.4 Å². The molecule has 0 aliphatic carbocycles. The van der Waals surface area contributed by atoms with Gasteiger partial charge in [-0.05, 0) is 26.0 Å². The molecule has 0 spiro atoms. The molecule has 21 heavy (non-hydrogen) atoms. The monoisotopic (exact) mass is 281 g/mol. The van der Waals surface area contributed by atoms with Crippen LogP contribution in [0.1, 0.15) is 24.5 Å². The van der Waals surface area contributed by atoms with Crippen LogP contribution in [0.25, 0.3) is 21.9 Å². The van der Waals surface area contributed by atoms with E-state index >= 15 is 0 Å². The Morgan fingerprint density at radius 1 is 1.14 bits per heavy atom. The molecule has 0 amide bonds. The van der Waals surface area contributed by atoms with E-state index in [2.05, 4.69) is 4.98 Å². The lowest BCUT2D eigenvalue weighted by atomic mass is 9.98. The van der Waals surface area contributed by atoms with Crippen LogP contribution in [0.4, 0.5) is 0 Å². The van der Waals surface area contributed by atoms with Crippen molar-refractivity contribution in [2.45, 2.75) is 20.0 Å². The molecule has 0 saturated heterocycles. The molecule has 0 bridgehead atoms. The zero-order chi connectivity index (χ0) is 15.0. The van der Waals surface area contributed by atoms with E-state index in [1.807, 2.05) is 31.2 Å². The summed E-state index contributed by atoms with van der Waals surface area (Å²) < 4.78 is 5.33. The second kappa shape index (κ2) is 5.14. The Labute approximate surface area is 121 Å². The third-order valence-electron chi connectivity index (χ3n) is 3.44. The van der Waals surface area contributed by atoms with Gasteiger partial charge in [0.15, 0.2) is 0 Å².